The molecule has 7 heteroatoms. The van der Waals surface area contributed by atoms with Crippen molar-refractivity contribution in [1.29, 1.82) is 0 Å². The van der Waals surface area contributed by atoms with E-state index >= 15 is 0 Å². The lowest BCUT2D eigenvalue weighted by molar-refractivity contribution is -0.519. The molecule has 92 valence electrons. The van der Waals surface area contributed by atoms with Crippen molar-refractivity contribution < 1.29 is 9.85 Å². The summed E-state index contributed by atoms with van der Waals surface area (Å²) in [4.78, 5) is 22.1. The minimum absolute atomic E-state index is 0.131. The molecule has 17 heavy (non-hydrogen) atoms. The van der Waals surface area contributed by atoms with Gasteiger partial charge in [0.15, 0.2) is 0 Å². The fourth-order valence-corrected chi connectivity index (χ4v) is 1.42. The van der Waals surface area contributed by atoms with E-state index in [1.165, 1.54) is 12.2 Å². The third-order valence-electron chi connectivity index (χ3n) is 2.31. The second kappa shape index (κ2) is 5.24. The predicted molar refractivity (Wildman–Crippen MR) is 61.4 cm³/mol. The monoisotopic (exact) mass is 239 g/mol. The Bertz CT molecular complexity index is 423. The average Bonchev–Trinajstić information content (AvgIpc) is 2.25. The topological polar surface area (TPSA) is 89.5 Å². The van der Waals surface area contributed by atoms with E-state index in [0.29, 0.717) is 5.57 Å². The van der Waals surface area contributed by atoms with Crippen molar-refractivity contribution in [3.05, 3.63) is 55.9 Å². The van der Waals surface area contributed by atoms with E-state index in [0.717, 1.165) is 0 Å². The van der Waals surface area contributed by atoms with Gasteiger partial charge in [0.25, 0.3) is 5.70 Å². The summed E-state index contributed by atoms with van der Waals surface area (Å²) >= 11 is 0. The second-order valence-corrected chi connectivity index (χ2v) is 3.87. The van der Waals surface area contributed by atoms with Crippen molar-refractivity contribution >= 4 is 0 Å². The summed E-state index contributed by atoms with van der Waals surface area (Å²) in [5, 5.41) is 21.4. The third-order valence-corrected chi connectivity index (χ3v) is 2.31. The second-order valence-electron chi connectivity index (χ2n) is 3.87. The quantitative estimate of drug-likeness (QED) is 0.543. The van der Waals surface area contributed by atoms with Crippen molar-refractivity contribution in [1.82, 2.24) is 4.90 Å². The highest BCUT2D eigenvalue weighted by Crippen LogP contribution is 2.22. The summed E-state index contributed by atoms with van der Waals surface area (Å²) in [5.74, 6) is 0. The molecule has 0 aromatic carbocycles. The van der Waals surface area contributed by atoms with Crippen molar-refractivity contribution in [3.63, 3.8) is 0 Å². The van der Waals surface area contributed by atoms with Crippen LogP contribution in [0.5, 0.6) is 0 Å². The molecule has 7 nitrogen and oxygen atoms in total. The highest BCUT2D eigenvalue weighted by atomic mass is 16.6. The van der Waals surface area contributed by atoms with Gasteiger partial charge in [-0.3, -0.25) is 20.2 Å². The van der Waals surface area contributed by atoms with Crippen LogP contribution in [0.25, 0.3) is 0 Å². The third kappa shape index (κ3) is 3.40. The maximum absolute atomic E-state index is 10.8. The predicted octanol–water partition coefficient (Wildman–Crippen LogP) is 1.20. The van der Waals surface area contributed by atoms with Gasteiger partial charge in [0.2, 0.25) is 6.04 Å². The molecule has 0 heterocycles. The molecule has 0 spiro atoms. The van der Waals surface area contributed by atoms with Crippen LogP contribution in [0.2, 0.25) is 0 Å². The number of hydrogen-bond acceptors (Lipinski definition) is 5. The van der Waals surface area contributed by atoms with Gasteiger partial charge in [-0.25, -0.2) is 0 Å². The SMILES string of the molecule is CN(C)/C=C/C1=CC=C([N+](=O)[O-])CC1[N+](=O)[O-]. The van der Waals surface area contributed by atoms with E-state index in [1.807, 2.05) is 0 Å². The first-order chi connectivity index (χ1) is 7.91. The fourth-order valence-electron chi connectivity index (χ4n) is 1.42. The van der Waals surface area contributed by atoms with Crippen LogP contribution in [0, 0.1) is 20.2 Å². The number of nitrogens with zero attached hydrogens (tertiary/aromatic N) is 3. The zero-order chi connectivity index (χ0) is 13.0. The van der Waals surface area contributed by atoms with Gasteiger partial charge < -0.3 is 4.90 Å². The Hall–Kier alpha value is -2.18. The van der Waals surface area contributed by atoms with Gasteiger partial charge in [0.1, 0.15) is 6.42 Å². The first-order valence-corrected chi connectivity index (χ1v) is 4.95. The maximum atomic E-state index is 10.8. The molecule has 1 aliphatic carbocycles. The van der Waals surface area contributed by atoms with Gasteiger partial charge in [0, 0.05) is 30.7 Å². The molecular weight excluding hydrogens is 226 g/mol. The first-order valence-electron chi connectivity index (χ1n) is 4.95. The van der Waals surface area contributed by atoms with E-state index in [4.69, 9.17) is 0 Å². The van der Waals surface area contributed by atoms with Crippen molar-refractivity contribution in [2.45, 2.75) is 12.5 Å². The van der Waals surface area contributed by atoms with Crippen LogP contribution in [0.4, 0.5) is 0 Å². The molecule has 1 unspecified atom stereocenters. The molecule has 0 saturated heterocycles. The Balaban J connectivity index is 2.98. The minimum atomic E-state index is -1.04. The van der Waals surface area contributed by atoms with Gasteiger partial charge in [0.05, 0.1) is 4.92 Å². The van der Waals surface area contributed by atoms with Gasteiger partial charge in [-0.05, 0) is 18.4 Å². The van der Waals surface area contributed by atoms with Crippen LogP contribution in [0.15, 0.2) is 35.7 Å². The van der Waals surface area contributed by atoms with Crippen LogP contribution in [-0.4, -0.2) is 34.9 Å². The molecule has 1 rings (SSSR count). The van der Waals surface area contributed by atoms with E-state index in [2.05, 4.69) is 0 Å². The molecule has 0 N–H and O–H groups in total. The normalized spacial score (nSPS) is 19.8. The van der Waals surface area contributed by atoms with Crippen molar-refractivity contribution in [2.24, 2.45) is 0 Å². The molecule has 0 amide bonds. The Kier molecular flexibility index (Phi) is 3.97. The molecule has 0 bridgehead atoms. The van der Waals surface area contributed by atoms with E-state index in [1.54, 1.807) is 31.3 Å². The highest BCUT2D eigenvalue weighted by Gasteiger charge is 2.32. The molecule has 1 aliphatic rings. The highest BCUT2D eigenvalue weighted by molar-refractivity contribution is 5.32. The Morgan fingerprint density at radius 3 is 2.47 bits per heavy atom. The summed E-state index contributed by atoms with van der Waals surface area (Å²) in [6.45, 7) is 0. The minimum Gasteiger partial charge on any atom is -0.383 e. The van der Waals surface area contributed by atoms with Crippen molar-refractivity contribution in [2.75, 3.05) is 14.1 Å². The Labute approximate surface area is 98.0 Å². The smallest absolute Gasteiger partial charge is 0.253 e. The van der Waals surface area contributed by atoms with Crippen LogP contribution in [-0.2, 0) is 0 Å². The van der Waals surface area contributed by atoms with Gasteiger partial charge in [-0.2, -0.15) is 0 Å². The van der Waals surface area contributed by atoms with E-state index in [-0.39, 0.29) is 12.1 Å². The van der Waals surface area contributed by atoms with E-state index in [9.17, 15) is 20.2 Å². The van der Waals surface area contributed by atoms with Gasteiger partial charge >= 0.3 is 0 Å². The number of nitro groups is 2. The molecule has 0 radical (unpaired) electrons. The average molecular weight is 239 g/mol. The Morgan fingerprint density at radius 1 is 1.35 bits per heavy atom. The maximum Gasteiger partial charge on any atom is 0.253 e. The van der Waals surface area contributed by atoms with Crippen LogP contribution in [0.1, 0.15) is 6.42 Å². The van der Waals surface area contributed by atoms with Crippen LogP contribution < -0.4 is 0 Å². The van der Waals surface area contributed by atoms with E-state index < -0.39 is 15.9 Å². The lowest BCUT2D eigenvalue weighted by Crippen LogP contribution is -2.25. The van der Waals surface area contributed by atoms with Gasteiger partial charge in [-0.15, -0.1) is 0 Å². The number of allylic oxidation sites excluding steroid dienone is 2. The van der Waals surface area contributed by atoms with Crippen molar-refractivity contribution in [3.8, 4) is 0 Å². The summed E-state index contributed by atoms with van der Waals surface area (Å²) in [6, 6.07) is -1.04. The standard InChI is InChI=1S/C10H13N3O4/c1-11(2)6-5-8-3-4-9(12(14)15)7-10(8)13(16)17/h3-6,10H,7H2,1-2H3/b6-5+. The van der Waals surface area contributed by atoms with Crippen LogP contribution in [0.3, 0.4) is 0 Å². The lowest BCUT2D eigenvalue weighted by Gasteiger charge is -2.13. The summed E-state index contributed by atoms with van der Waals surface area (Å²) in [5.41, 5.74) is 0.336. The number of hydrogen-bond donors (Lipinski definition) is 0. The Morgan fingerprint density at radius 2 is 2.00 bits per heavy atom. The summed E-state index contributed by atoms with van der Waals surface area (Å²) in [7, 11) is 3.58. The zero-order valence-corrected chi connectivity index (χ0v) is 9.57. The fraction of sp³-hybridized carbons (Fsp3) is 0.400. The molecule has 0 aliphatic heterocycles. The summed E-state index contributed by atoms with van der Waals surface area (Å²) in [6.07, 6.45) is 5.84. The molecule has 0 fully saturated rings. The molecule has 0 aromatic heterocycles. The molecule has 0 saturated carbocycles. The lowest BCUT2D eigenvalue weighted by atomic mass is 9.97. The van der Waals surface area contributed by atoms with Crippen LogP contribution >= 0.6 is 0 Å². The largest absolute Gasteiger partial charge is 0.383 e. The van der Waals surface area contributed by atoms with Gasteiger partial charge in [-0.1, -0.05) is 0 Å². The summed E-state index contributed by atoms with van der Waals surface area (Å²) < 4.78 is 0. The molecule has 1 atom stereocenters. The number of rotatable bonds is 4. The molecule has 0 aromatic rings. The first kappa shape index (κ1) is 12.9. The zero-order valence-electron chi connectivity index (χ0n) is 9.57. The molecular formula is C10H13N3O4.